The van der Waals surface area contributed by atoms with E-state index in [0.717, 1.165) is 25.9 Å². The molecule has 0 aliphatic rings. The van der Waals surface area contributed by atoms with Crippen LogP contribution < -0.4 is 4.74 Å². The predicted molar refractivity (Wildman–Crippen MR) is 97.1 cm³/mol. The van der Waals surface area contributed by atoms with E-state index in [0.29, 0.717) is 24.1 Å². The van der Waals surface area contributed by atoms with Crippen LogP contribution in [-0.4, -0.2) is 64.6 Å². The van der Waals surface area contributed by atoms with Crippen molar-refractivity contribution in [2.75, 3.05) is 33.9 Å². The summed E-state index contributed by atoms with van der Waals surface area (Å²) in [5.74, 6) is 1.91. The lowest BCUT2D eigenvalue weighted by Gasteiger charge is -2.24. The van der Waals surface area contributed by atoms with E-state index in [2.05, 4.69) is 33.6 Å². The second-order valence-electron chi connectivity index (χ2n) is 5.92. The van der Waals surface area contributed by atoms with Crippen LogP contribution in [-0.2, 0) is 4.74 Å². The fourth-order valence-corrected chi connectivity index (χ4v) is 2.46. The molecule has 1 unspecified atom stereocenters. The number of aromatic nitrogens is 4. The fourth-order valence-electron chi connectivity index (χ4n) is 2.46. The van der Waals surface area contributed by atoms with E-state index >= 15 is 0 Å². The molecule has 0 spiro atoms. The summed E-state index contributed by atoms with van der Waals surface area (Å²) < 4.78 is 13.0. The molecule has 0 radical (unpaired) electrons. The average molecular weight is 345 g/mol. The first-order valence-corrected chi connectivity index (χ1v) is 8.43. The highest BCUT2D eigenvalue weighted by Crippen LogP contribution is 2.16. The van der Waals surface area contributed by atoms with Gasteiger partial charge in [0.05, 0.1) is 6.61 Å². The Balaban J connectivity index is 2.10. The molecule has 7 heteroatoms. The molecule has 0 aliphatic heterocycles. The number of likely N-dealkylation sites (N-methyl/N-ethyl adjacent to an activating group) is 1. The monoisotopic (exact) mass is 345 g/mol. The van der Waals surface area contributed by atoms with Gasteiger partial charge in [-0.1, -0.05) is 6.08 Å². The summed E-state index contributed by atoms with van der Waals surface area (Å²) in [7, 11) is 3.77. The summed E-state index contributed by atoms with van der Waals surface area (Å²) in [5.41, 5.74) is 0. The Kier molecular flexibility index (Phi) is 7.56. The molecule has 0 aromatic carbocycles. The minimum absolute atomic E-state index is 0.0135. The molecule has 136 valence electrons. The van der Waals surface area contributed by atoms with E-state index in [4.69, 9.17) is 9.47 Å². The zero-order valence-electron chi connectivity index (χ0n) is 15.3. The van der Waals surface area contributed by atoms with Gasteiger partial charge < -0.3 is 14.4 Å². The number of nitrogens with zero attached hydrogens (tertiary/aromatic N) is 5. The Bertz CT molecular complexity index is 645. The smallest absolute Gasteiger partial charge is 0.219 e. The Morgan fingerprint density at radius 2 is 2.24 bits per heavy atom. The summed E-state index contributed by atoms with van der Waals surface area (Å²) in [4.78, 5) is 11.0. The van der Waals surface area contributed by atoms with E-state index in [1.54, 1.807) is 18.0 Å². The average Bonchev–Trinajstić information content (AvgIpc) is 3.12. The van der Waals surface area contributed by atoms with Crippen molar-refractivity contribution in [1.29, 1.82) is 0 Å². The lowest BCUT2D eigenvalue weighted by Crippen LogP contribution is -2.35. The molecule has 2 aromatic heterocycles. The molecule has 2 rings (SSSR count). The van der Waals surface area contributed by atoms with E-state index in [1.165, 1.54) is 0 Å². The van der Waals surface area contributed by atoms with Gasteiger partial charge in [-0.15, -0.1) is 6.58 Å². The third-order valence-corrected chi connectivity index (χ3v) is 3.71. The molecule has 2 aromatic rings. The van der Waals surface area contributed by atoms with Crippen molar-refractivity contribution in [3.8, 4) is 11.7 Å². The lowest BCUT2D eigenvalue weighted by molar-refractivity contribution is 0.109. The maximum atomic E-state index is 6.16. The second-order valence-corrected chi connectivity index (χ2v) is 5.92. The molecule has 2 heterocycles. The number of allylic oxidation sites excluding steroid dienone is 1. The topological polar surface area (TPSA) is 65.3 Å². The SMILES string of the molecule is C=CCCC(CN(C)CCOC)Oc1cc(-n2cccn2)nc(C)n1. The van der Waals surface area contributed by atoms with Crippen LogP contribution in [0, 0.1) is 6.92 Å². The largest absolute Gasteiger partial charge is 0.473 e. The van der Waals surface area contributed by atoms with Crippen LogP contribution in [0.5, 0.6) is 5.88 Å². The van der Waals surface area contributed by atoms with Gasteiger partial charge in [0.1, 0.15) is 11.9 Å². The highest BCUT2D eigenvalue weighted by atomic mass is 16.5. The first kappa shape index (κ1) is 19.1. The van der Waals surface area contributed by atoms with E-state index in [9.17, 15) is 0 Å². The molecule has 0 amide bonds. The molecule has 0 aliphatic carbocycles. The van der Waals surface area contributed by atoms with Crippen molar-refractivity contribution < 1.29 is 9.47 Å². The Morgan fingerprint density at radius 1 is 1.40 bits per heavy atom. The van der Waals surface area contributed by atoms with Crippen LogP contribution in [0.3, 0.4) is 0 Å². The molecule has 0 N–H and O–H groups in total. The van der Waals surface area contributed by atoms with Crippen molar-refractivity contribution in [3.63, 3.8) is 0 Å². The number of hydrogen-bond donors (Lipinski definition) is 0. The van der Waals surface area contributed by atoms with Gasteiger partial charge in [-0.2, -0.15) is 10.1 Å². The van der Waals surface area contributed by atoms with Crippen LogP contribution >= 0.6 is 0 Å². The number of hydrogen-bond acceptors (Lipinski definition) is 6. The molecular formula is C18H27N5O2. The third kappa shape index (κ3) is 6.28. The Labute approximate surface area is 149 Å². The maximum absolute atomic E-state index is 6.16. The quantitative estimate of drug-likeness (QED) is 0.582. The summed E-state index contributed by atoms with van der Waals surface area (Å²) in [6.07, 6.45) is 7.25. The third-order valence-electron chi connectivity index (χ3n) is 3.71. The lowest BCUT2D eigenvalue weighted by atomic mass is 10.2. The van der Waals surface area contributed by atoms with Gasteiger partial charge in [0.25, 0.3) is 0 Å². The Morgan fingerprint density at radius 3 is 2.92 bits per heavy atom. The molecule has 1 atom stereocenters. The van der Waals surface area contributed by atoms with Crippen molar-refractivity contribution in [3.05, 3.63) is 43.0 Å². The van der Waals surface area contributed by atoms with E-state index < -0.39 is 0 Å². The molecule has 0 fully saturated rings. The van der Waals surface area contributed by atoms with Crippen LogP contribution in [0.1, 0.15) is 18.7 Å². The van der Waals surface area contributed by atoms with Crippen LogP contribution in [0.2, 0.25) is 0 Å². The van der Waals surface area contributed by atoms with Crippen LogP contribution in [0.15, 0.2) is 37.2 Å². The van der Waals surface area contributed by atoms with Crippen LogP contribution in [0.25, 0.3) is 5.82 Å². The van der Waals surface area contributed by atoms with Crippen molar-refractivity contribution in [2.24, 2.45) is 0 Å². The second kappa shape index (κ2) is 9.90. The summed E-state index contributed by atoms with van der Waals surface area (Å²) in [6, 6.07) is 3.67. The number of ether oxygens (including phenoxy) is 2. The molecule has 0 saturated heterocycles. The summed E-state index contributed by atoms with van der Waals surface area (Å²) in [5, 5.41) is 4.22. The van der Waals surface area contributed by atoms with Gasteiger partial charge in [-0.25, -0.2) is 9.67 Å². The van der Waals surface area contributed by atoms with Gasteiger partial charge in [0, 0.05) is 38.7 Å². The summed E-state index contributed by atoms with van der Waals surface area (Å²) in [6.45, 7) is 7.99. The van der Waals surface area contributed by atoms with Gasteiger partial charge in [0.15, 0.2) is 5.82 Å². The molecule has 0 saturated carbocycles. The number of aryl methyl sites for hydroxylation is 1. The highest BCUT2D eigenvalue weighted by molar-refractivity contribution is 5.27. The fraction of sp³-hybridized carbons (Fsp3) is 0.500. The number of methoxy groups -OCH3 is 1. The van der Waals surface area contributed by atoms with E-state index in [-0.39, 0.29) is 6.10 Å². The Hall–Kier alpha value is -2.25. The van der Waals surface area contributed by atoms with Crippen molar-refractivity contribution >= 4 is 0 Å². The molecule has 7 nitrogen and oxygen atoms in total. The predicted octanol–water partition coefficient (Wildman–Crippen LogP) is 2.26. The highest BCUT2D eigenvalue weighted by Gasteiger charge is 2.15. The summed E-state index contributed by atoms with van der Waals surface area (Å²) >= 11 is 0. The first-order valence-electron chi connectivity index (χ1n) is 8.43. The minimum Gasteiger partial charge on any atom is -0.473 e. The zero-order valence-corrected chi connectivity index (χ0v) is 15.3. The maximum Gasteiger partial charge on any atom is 0.219 e. The van der Waals surface area contributed by atoms with E-state index in [1.807, 2.05) is 31.3 Å². The van der Waals surface area contributed by atoms with Gasteiger partial charge in [-0.05, 0) is 32.9 Å². The minimum atomic E-state index is 0.0135. The molecular weight excluding hydrogens is 318 g/mol. The standard InChI is InChI=1S/C18H27N5O2/c1-5-6-8-16(14-22(3)11-12-24-4)25-18-13-17(20-15(2)21-18)23-10-7-9-19-23/h5,7,9-10,13,16H,1,6,8,11-12,14H2,2-4H3. The first-order chi connectivity index (χ1) is 12.1. The van der Waals surface area contributed by atoms with Crippen molar-refractivity contribution in [2.45, 2.75) is 25.9 Å². The van der Waals surface area contributed by atoms with Gasteiger partial charge in [0.2, 0.25) is 5.88 Å². The van der Waals surface area contributed by atoms with Crippen molar-refractivity contribution in [1.82, 2.24) is 24.6 Å². The van der Waals surface area contributed by atoms with Crippen LogP contribution in [0.4, 0.5) is 0 Å². The molecule has 0 bridgehead atoms. The molecule has 25 heavy (non-hydrogen) atoms. The van der Waals surface area contributed by atoms with Gasteiger partial charge >= 0.3 is 0 Å². The zero-order chi connectivity index (χ0) is 18.1. The van der Waals surface area contributed by atoms with Gasteiger partial charge in [-0.3, -0.25) is 0 Å². The normalized spacial score (nSPS) is 12.3. The number of rotatable bonds is 11.